The van der Waals surface area contributed by atoms with Crippen molar-refractivity contribution in [1.82, 2.24) is 0 Å². The number of hydrogen-bond donors (Lipinski definition) is 0. The number of fused-ring (bicyclic) bond motifs is 5. The number of carbonyl (C=O) groups is 4. The van der Waals surface area contributed by atoms with E-state index in [0.29, 0.717) is 30.6 Å². The van der Waals surface area contributed by atoms with Crippen LogP contribution in [0.2, 0.25) is 0 Å². The van der Waals surface area contributed by atoms with Crippen molar-refractivity contribution in [2.75, 3.05) is 6.61 Å². The highest BCUT2D eigenvalue weighted by molar-refractivity contribution is 5.93. The number of Topliss-reactive ketones (excluding diaryl/α,β-unsaturated/α-hetero) is 1. The molecular formula is C23H30O5. The molecule has 0 aromatic rings. The van der Waals surface area contributed by atoms with Gasteiger partial charge in [0, 0.05) is 19.3 Å². The van der Waals surface area contributed by atoms with E-state index in [9.17, 15) is 19.2 Å². The van der Waals surface area contributed by atoms with Crippen LogP contribution in [-0.4, -0.2) is 30.4 Å². The van der Waals surface area contributed by atoms with Crippen molar-refractivity contribution in [3.8, 4) is 0 Å². The summed E-state index contributed by atoms with van der Waals surface area (Å²) in [6.07, 6.45) is 9.55. The van der Waals surface area contributed by atoms with Crippen molar-refractivity contribution in [1.29, 1.82) is 0 Å². The number of esters is 1. The van der Waals surface area contributed by atoms with Crippen LogP contribution in [0.5, 0.6) is 0 Å². The summed E-state index contributed by atoms with van der Waals surface area (Å²) >= 11 is 0. The summed E-state index contributed by atoms with van der Waals surface area (Å²) in [7, 11) is 0. The SMILES string of the molecule is CC(=O)OCC(=O)[C@H]1CC[C@H]2[C@@H]3CCC4=CC(=O)CC[C@]4(C=O)[C@H]3CC[C@]12C. The fraction of sp³-hybridized carbons (Fsp3) is 0.739. The van der Waals surface area contributed by atoms with Crippen molar-refractivity contribution in [2.45, 2.75) is 65.2 Å². The van der Waals surface area contributed by atoms with E-state index in [1.165, 1.54) is 6.92 Å². The van der Waals surface area contributed by atoms with Crippen LogP contribution in [-0.2, 0) is 23.9 Å². The Hall–Kier alpha value is -1.78. The van der Waals surface area contributed by atoms with Gasteiger partial charge >= 0.3 is 5.97 Å². The van der Waals surface area contributed by atoms with Crippen LogP contribution >= 0.6 is 0 Å². The first-order valence-corrected chi connectivity index (χ1v) is 10.7. The Morgan fingerprint density at radius 1 is 1.14 bits per heavy atom. The first kappa shape index (κ1) is 19.5. The Balaban J connectivity index is 1.59. The zero-order valence-corrected chi connectivity index (χ0v) is 16.9. The van der Waals surface area contributed by atoms with E-state index < -0.39 is 11.4 Å². The largest absolute Gasteiger partial charge is 0.458 e. The number of allylic oxidation sites excluding steroid dienone is 1. The summed E-state index contributed by atoms with van der Waals surface area (Å²) in [6.45, 7) is 3.45. The number of ether oxygens (including phenoxy) is 1. The van der Waals surface area contributed by atoms with Crippen LogP contribution < -0.4 is 0 Å². The molecule has 0 aromatic heterocycles. The van der Waals surface area contributed by atoms with Crippen LogP contribution in [0.25, 0.3) is 0 Å². The molecule has 0 N–H and O–H groups in total. The van der Waals surface area contributed by atoms with E-state index in [0.717, 1.165) is 50.4 Å². The molecule has 0 spiro atoms. The molecule has 0 bridgehead atoms. The van der Waals surface area contributed by atoms with E-state index in [1.807, 2.05) is 0 Å². The topological polar surface area (TPSA) is 77.5 Å². The molecule has 0 amide bonds. The Morgan fingerprint density at radius 2 is 1.93 bits per heavy atom. The molecule has 4 aliphatic carbocycles. The van der Waals surface area contributed by atoms with Gasteiger partial charge in [-0.25, -0.2) is 0 Å². The summed E-state index contributed by atoms with van der Waals surface area (Å²) in [5.74, 6) is 0.873. The van der Waals surface area contributed by atoms with E-state index >= 15 is 0 Å². The smallest absolute Gasteiger partial charge is 0.303 e. The number of ketones is 2. The monoisotopic (exact) mass is 386 g/mol. The maximum Gasteiger partial charge on any atom is 0.303 e. The molecular weight excluding hydrogens is 356 g/mol. The lowest BCUT2D eigenvalue weighted by atomic mass is 9.46. The van der Waals surface area contributed by atoms with Crippen molar-refractivity contribution in [2.24, 2.45) is 34.5 Å². The first-order valence-electron chi connectivity index (χ1n) is 10.7. The molecule has 3 saturated carbocycles. The van der Waals surface area contributed by atoms with E-state index in [-0.39, 0.29) is 29.5 Å². The first-order chi connectivity index (χ1) is 13.3. The maximum atomic E-state index is 12.8. The summed E-state index contributed by atoms with van der Waals surface area (Å²) in [5, 5.41) is 0. The molecule has 6 atom stereocenters. The quantitative estimate of drug-likeness (QED) is 0.546. The molecule has 152 valence electrons. The number of aldehydes is 1. The van der Waals surface area contributed by atoms with Gasteiger partial charge in [-0.05, 0) is 74.2 Å². The molecule has 0 unspecified atom stereocenters. The third-order valence-electron chi connectivity index (χ3n) is 8.58. The Kier molecular flexibility index (Phi) is 4.83. The Morgan fingerprint density at radius 3 is 2.64 bits per heavy atom. The molecule has 28 heavy (non-hydrogen) atoms. The van der Waals surface area contributed by atoms with Crippen molar-refractivity contribution in [3.63, 3.8) is 0 Å². The molecule has 5 heteroatoms. The molecule has 5 nitrogen and oxygen atoms in total. The van der Waals surface area contributed by atoms with Gasteiger partial charge in [0.05, 0.1) is 5.41 Å². The molecule has 0 aliphatic heterocycles. The van der Waals surface area contributed by atoms with Crippen LogP contribution in [0.4, 0.5) is 0 Å². The summed E-state index contributed by atoms with van der Waals surface area (Å²) < 4.78 is 4.99. The molecule has 4 rings (SSSR count). The maximum absolute atomic E-state index is 12.8. The minimum Gasteiger partial charge on any atom is -0.458 e. The molecule has 0 saturated heterocycles. The van der Waals surface area contributed by atoms with E-state index in [2.05, 4.69) is 6.92 Å². The molecule has 0 aromatic carbocycles. The van der Waals surface area contributed by atoms with Gasteiger partial charge < -0.3 is 9.53 Å². The van der Waals surface area contributed by atoms with Gasteiger partial charge in [0.15, 0.2) is 11.6 Å². The number of rotatable bonds is 4. The van der Waals surface area contributed by atoms with Gasteiger partial charge in [0.1, 0.15) is 12.9 Å². The Bertz CT molecular complexity index is 752. The van der Waals surface area contributed by atoms with Crippen LogP contribution in [0.15, 0.2) is 11.6 Å². The molecule has 4 aliphatic rings. The lowest BCUT2D eigenvalue weighted by Crippen LogP contribution is -2.52. The predicted molar refractivity (Wildman–Crippen MR) is 102 cm³/mol. The zero-order chi connectivity index (χ0) is 20.1. The van der Waals surface area contributed by atoms with Gasteiger partial charge in [-0.2, -0.15) is 0 Å². The van der Waals surface area contributed by atoms with Crippen molar-refractivity contribution >= 4 is 23.8 Å². The highest BCUT2D eigenvalue weighted by Gasteiger charge is 2.61. The van der Waals surface area contributed by atoms with Gasteiger partial charge in [-0.1, -0.05) is 12.5 Å². The predicted octanol–water partition coefficient (Wildman–Crippen LogP) is 3.45. The second kappa shape index (κ2) is 6.93. The zero-order valence-electron chi connectivity index (χ0n) is 16.9. The second-order valence-electron chi connectivity index (χ2n) is 9.63. The summed E-state index contributed by atoms with van der Waals surface area (Å²) in [4.78, 5) is 48.1. The van der Waals surface area contributed by atoms with Crippen LogP contribution in [0, 0.1) is 34.5 Å². The van der Waals surface area contributed by atoms with E-state index in [1.54, 1.807) is 6.08 Å². The van der Waals surface area contributed by atoms with Gasteiger partial charge in [-0.15, -0.1) is 0 Å². The average Bonchev–Trinajstić information content (AvgIpc) is 3.03. The third-order valence-corrected chi connectivity index (χ3v) is 8.58. The fourth-order valence-corrected chi connectivity index (χ4v) is 7.30. The minimum absolute atomic E-state index is 0.0448. The highest BCUT2D eigenvalue weighted by atomic mass is 16.5. The lowest BCUT2D eigenvalue weighted by Gasteiger charge is -2.57. The summed E-state index contributed by atoms with van der Waals surface area (Å²) in [6, 6.07) is 0. The fourth-order valence-electron chi connectivity index (χ4n) is 7.30. The number of carbonyl (C=O) groups excluding carboxylic acids is 4. The highest BCUT2D eigenvalue weighted by Crippen LogP contribution is 2.66. The normalized spacial score (nSPS) is 41.9. The number of hydrogen-bond acceptors (Lipinski definition) is 5. The standard InChI is InChI=1S/C23H30O5/c1-14(25)28-12-21(27)20-6-5-18-17-4-3-15-11-16(26)7-10-23(15,13-24)19(17)8-9-22(18,20)2/h11,13,17-20H,3-10,12H2,1-2H3/t17-,18-,19-,20+,22-,23+/m0/s1. The van der Waals surface area contributed by atoms with Crippen molar-refractivity contribution < 1.29 is 23.9 Å². The van der Waals surface area contributed by atoms with Gasteiger partial charge in [0.25, 0.3) is 0 Å². The van der Waals surface area contributed by atoms with Crippen LogP contribution in [0.1, 0.15) is 65.2 Å². The van der Waals surface area contributed by atoms with Gasteiger partial charge in [-0.3, -0.25) is 14.4 Å². The minimum atomic E-state index is -0.460. The Labute approximate surface area is 166 Å². The summed E-state index contributed by atoms with van der Waals surface area (Å²) in [5.41, 5.74) is 0.524. The molecule has 3 fully saturated rings. The van der Waals surface area contributed by atoms with Crippen LogP contribution in [0.3, 0.4) is 0 Å². The second-order valence-corrected chi connectivity index (χ2v) is 9.63. The average molecular weight is 386 g/mol. The van der Waals surface area contributed by atoms with Gasteiger partial charge in [0.2, 0.25) is 0 Å². The van der Waals surface area contributed by atoms with E-state index in [4.69, 9.17) is 4.74 Å². The molecule has 0 radical (unpaired) electrons. The third kappa shape index (κ3) is 2.81. The molecule has 0 heterocycles. The van der Waals surface area contributed by atoms with Crippen molar-refractivity contribution in [3.05, 3.63) is 11.6 Å². The lowest BCUT2D eigenvalue weighted by molar-refractivity contribution is -0.149.